The molecule has 1 aliphatic heterocycles. The minimum Gasteiger partial charge on any atom is -0.341 e. The van der Waals surface area contributed by atoms with Crippen LogP contribution in [0.4, 0.5) is 10.3 Å². The number of hydrogen-bond donors (Lipinski definition) is 1. The van der Waals surface area contributed by atoms with Gasteiger partial charge in [0.25, 0.3) is 0 Å². The van der Waals surface area contributed by atoms with E-state index in [1.807, 2.05) is 0 Å². The Balaban J connectivity index is 1.83. The van der Waals surface area contributed by atoms with Crippen LogP contribution in [0, 0.1) is 11.7 Å². The van der Waals surface area contributed by atoms with Gasteiger partial charge in [-0.3, -0.25) is 0 Å². The zero-order valence-corrected chi connectivity index (χ0v) is 11.8. The Morgan fingerprint density at radius 2 is 2.00 bits per heavy atom. The van der Waals surface area contributed by atoms with Crippen molar-refractivity contribution in [2.24, 2.45) is 5.92 Å². The van der Waals surface area contributed by atoms with Gasteiger partial charge in [0.05, 0.1) is 12.4 Å². The van der Waals surface area contributed by atoms with E-state index in [-0.39, 0.29) is 5.82 Å². The first-order chi connectivity index (χ1) is 9.20. The molecular weight excluding hydrogens is 243 g/mol. The minimum atomic E-state index is -0.379. The highest BCUT2D eigenvalue weighted by molar-refractivity contribution is 5.29. The Bertz CT molecular complexity index is 374. The van der Waals surface area contributed by atoms with Crippen LogP contribution in [-0.2, 0) is 0 Å². The second kappa shape index (κ2) is 6.80. The molecule has 0 saturated carbocycles. The van der Waals surface area contributed by atoms with Gasteiger partial charge in [0, 0.05) is 19.1 Å². The average molecular weight is 266 g/mol. The summed E-state index contributed by atoms with van der Waals surface area (Å²) < 4.78 is 12.8. The topological polar surface area (TPSA) is 41.0 Å². The summed E-state index contributed by atoms with van der Waals surface area (Å²) in [7, 11) is 0. The molecule has 1 fully saturated rings. The number of rotatable bonds is 5. The molecule has 1 atom stereocenters. The molecule has 2 heterocycles. The Morgan fingerprint density at radius 1 is 1.37 bits per heavy atom. The van der Waals surface area contributed by atoms with Crippen molar-refractivity contribution >= 4 is 5.95 Å². The quantitative estimate of drug-likeness (QED) is 0.887. The molecule has 19 heavy (non-hydrogen) atoms. The maximum atomic E-state index is 12.8. The molecule has 2 rings (SSSR count). The average Bonchev–Trinajstić information content (AvgIpc) is 2.46. The minimum absolute atomic E-state index is 0.379. The Hall–Kier alpha value is -1.23. The van der Waals surface area contributed by atoms with E-state index in [2.05, 4.69) is 34.0 Å². The number of halogens is 1. The summed E-state index contributed by atoms with van der Waals surface area (Å²) in [5.41, 5.74) is 0. The van der Waals surface area contributed by atoms with Crippen molar-refractivity contribution in [3.05, 3.63) is 18.2 Å². The highest BCUT2D eigenvalue weighted by Crippen LogP contribution is 2.23. The number of piperidine rings is 1. The number of aromatic nitrogens is 2. The van der Waals surface area contributed by atoms with Crippen LogP contribution in [0.25, 0.3) is 0 Å². The van der Waals surface area contributed by atoms with Crippen molar-refractivity contribution < 1.29 is 4.39 Å². The van der Waals surface area contributed by atoms with E-state index in [4.69, 9.17) is 0 Å². The molecule has 1 aromatic heterocycles. The lowest BCUT2D eigenvalue weighted by molar-refractivity contribution is 0.310. The fraction of sp³-hybridized carbons (Fsp3) is 0.714. The Labute approximate surface area is 114 Å². The first-order valence-electron chi connectivity index (χ1n) is 7.16. The van der Waals surface area contributed by atoms with Crippen molar-refractivity contribution in [1.29, 1.82) is 0 Å². The summed E-state index contributed by atoms with van der Waals surface area (Å²) in [6.07, 6.45) is 5.92. The molecule has 0 amide bonds. The molecule has 1 saturated heterocycles. The third-order valence-electron chi connectivity index (χ3n) is 3.85. The lowest BCUT2D eigenvalue weighted by Crippen LogP contribution is -2.42. The van der Waals surface area contributed by atoms with Crippen molar-refractivity contribution in [3.8, 4) is 0 Å². The molecular formula is C14H23FN4. The maximum Gasteiger partial charge on any atom is 0.225 e. The fourth-order valence-corrected chi connectivity index (χ4v) is 2.61. The van der Waals surface area contributed by atoms with Crippen LogP contribution in [0.2, 0.25) is 0 Å². The number of anilines is 1. The summed E-state index contributed by atoms with van der Waals surface area (Å²) in [5, 5.41) is 3.56. The zero-order valence-electron chi connectivity index (χ0n) is 11.8. The second-order valence-electron chi connectivity index (χ2n) is 5.27. The van der Waals surface area contributed by atoms with Gasteiger partial charge in [0.2, 0.25) is 5.95 Å². The standard InChI is InChI=1S/C14H23FN4/c1-3-6-16-11(2)12-4-7-19(8-5-12)14-17-9-13(15)10-18-14/h9-12,16H,3-8H2,1-2H3. The molecule has 1 N–H and O–H groups in total. The van der Waals surface area contributed by atoms with E-state index in [1.54, 1.807) is 0 Å². The van der Waals surface area contributed by atoms with Crippen molar-refractivity contribution in [1.82, 2.24) is 15.3 Å². The summed E-state index contributed by atoms with van der Waals surface area (Å²) in [4.78, 5) is 10.2. The Morgan fingerprint density at radius 3 is 2.58 bits per heavy atom. The third-order valence-corrected chi connectivity index (χ3v) is 3.85. The molecule has 1 unspecified atom stereocenters. The van der Waals surface area contributed by atoms with E-state index >= 15 is 0 Å². The van der Waals surface area contributed by atoms with Gasteiger partial charge < -0.3 is 10.2 Å². The van der Waals surface area contributed by atoms with Crippen LogP contribution in [0.1, 0.15) is 33.1 Å². The monoisotopic (exact) mass is 266 g/mol. The predicted octanol–water partition coefficient (Wildman–Crippen LogP) is 2.22. The van der Waals surface area contributed by atoms with E-state index in [1.165, 1.54) is 18.8 Å². The number of hydrogen-bond acceptors (Lipinski definition) is 4. The van der Waals surface area contributed by atoms with E-state index < -0.39 is 0 Å². The molecule has 0 spiro atoms. The smallest absolute Gasteiger partial charge is 0.225 e. The van der Waals surface area contributed by atoms with E-state index in [0.29, 0.717) is 17.9 Å². The third kappa shape index (κ3) is 3.86. The molecule has 106 valence electrons. The fourth-order valence-electron chi connectivity index (χ4n) is 2.61. The predicted molar refractivity (Wildman–Crippen MR) is 74.7 cm³/mol. The number of nitrogens with one attached hydrogen (secondary N) is 1. The molecule has 0 radical (unpaired) electrons. The highest BCUT2D eigenvalue weighted by atomic mass is 19.1. The molecule has 0 bridgehead atoms. The van der Waals surface area contributed by atoms with Gasteiger partial charge >= 0.3 is 0 Å². The lowest BCUT2D eigenvalue weighted by atomic mass is 9.90. The van der Waals surface area contributed by atoms with Crippen LogP contribution in [0.5, 0.6) is 0 Å². The first-order valence-corrected chi connectivity index (χ1v) is 7.16. The molecule has 0 aliphatic carbocycles. The van der Waals surface area contributed by atoms with Crippen molar-refractivity contribution in [2.75, 3.05) is 24.5 Å². The second-order valence-corrected chi connectivity index (χ2v) is 5.27. The van der Waals surface area contributed by atoms with E-state index in [9.17, 15) is 4.39 Å². The summed E-state index contributed by atoms with van der Waals surface area (Å²) in [6, 6.07) is 0.566. The normalized spacial score (nSPS) is 18.6. The zero-order chi connectivity index (χ0) is 13.7. The van der Waals surface area contributed by atoms with Gasteiger partial charge in [-0.25, -0.2) is 14.4 Å². The van der Waals surface area contributed by atoms with Gasteiger partial charge in [-0.15, -0.1) is 0 Å². The number of nitrogens with zero attached hydrogens (tertiary/aromatic N) is 3. The Kier molecular flexibility index (Phi) is 5.07. The SMILES string of the molecule is CCCNC(C)C1CCN(c2ncc(F)cn2)CC1. The maximum absolute atomic E-state index is 12.8. The molecule has 1 aromatic rings. The highest BCUT2D eigenvalue weighted by Gasteiger charge is 2.24. The summed E-state index contributed by atoms with van der Waals surface area (Å²) in [6.45, 7) is 7.45. The first kappa shape index (κ1) is 14.2. The van der Waals surface area contributed by atoms with Gasteiger partial charge in [0.15, 0.2) is 5.82 Å². The molecule has 5 heteroatoms. The molecule has 1 aliphatic rings. The summed E-state index contributed by atoms with van der Waals surface area (Å²) >= 11 is 0. The van der Waals surface area contributed by atoms with Crippen LogP contribution in [0.3, 0.4) is 0 Å². The van der Waals surface area contributed by atoms with Crippen LogP contribution in [-0.4, -0.2) is 35.6 Å². The van der Waals surface area contributed by atoms with Crippen LogP contribution >= 0.6 is 0 Å². The van der Waals surface area contributed by atoms with Gasteiger partial charge in [0.1, 0.15) is 0 Å². The van der Waals surface area contributed by atoms with Crippen molar-refractivity contribution in [2.45, 2.75) is 39.2 Å². The van der Waals surface area contributed by atoms with Gasteiger partial charge in [-0.05, 0) is 38.6 Å². The summed E-state index contributed by atoms with van der Waals surface area (Å²) in [5.74, 6) is 0.980. The molecule has 4 nitrogen and oxygen atoms in total. The van der Waals surface area contributed by atoms with Crippen molar-refractivity contribution in [3.63, 3.8) is 0 Å². The van der Waals surface area contributed by atoms with Gasteiger partial charge in [-0.2, -0.15) is 0 Å². The van der Waals surface area contributed by atoms with E-state index in [0.717, 1.165) is 32.5 Å². The van der Waals surface area contributed by atoms with Crippen LogP contribution in [0.15, 0.2) is 12.4 Å². The molecule has 0 aromatic carbocycles. The van der Waals surface area contributed by atoms with Gasteiger partial charge in [-0.1, -0.05) is 6.92 Å². The largest absolute Gasteiger partial charge is 0.341 e. The lowest BCUT2D eigenvalue weighted by Gasteiger charge is -2.35. The van der Waals surface area contributed by atoms with Crippen LogP contribution < -0.4 is 10.2 Å².